The Labute approximate surface area is 104 Å². The molecule has 1 unspecified atom stereocenters. The van der Waals surface area contributed by atoms with Gasteiger partial charge in [-0.15, -0.1) is 0 Å². The summed E-state index contributed by atoms with van der Waals surface area (Å²) in [5.41, 5.74) is 0.500. The second-order valence-electron chi connectivity index (χ2n) is 3.93. The average molecular weight is 253 g/mol. The molecule has 1 aromatic carbocycles. The molecule has 0 bridgehead atoms. The maximum atomic E-state index is 10.7. The highest BCUT2D eigenvalue weighted by Gasteiger charge is 2.22. The molecule has 0 spiro atoms. The number of phenols is 1. The molecule has 18 heavy (non-hydrogen) atoms. The van der Waals surface area contributed by atoms with Crippen molar-refractivity contribution in [3.63, 3.8) is 0 Å². The molecule has 1 rings (SSSR count). The number of carboxylic acid groups (broad SMARTS) is 2. The van der Waals surface area contributed by atoms with Crippen molar-refractivity contribution in [2.24, 2.45) is 0 Å². The highest BCUT2D eigenvalue weighted by molar-refractivity contribution is 5.72. The largest absolute Gasteiger partial charge is 0.508 e. The summed E-state index contributed by atoms with van der Waals surface area (Å²) in [7, 11) is 0. The lowest BCUT2D eigenvalue weighted by atomic mass is 10.1. The van der Waals surface area contributed by atoms with Crippen molar-refractivity contribution < 1.29 is 24.9 Å². The van der Waals surface area contributed by atoms with E-state index >= 15 is 0 Å². The zero-order valence-corrected chi connectivity index (χ0v) is 9.91. The van der Waals surface area contributed by atoms with Crippen molar-refractivity contribution in [2.75, 3.05) is 13.1 Å². The Hall–Kier alpha value is -2.08. The Morgan fingerprint density at radius 3 is 2.11 bits per heavy atom. The molecule has 0 aliphatic rings. The van der Waals surface area contributed by atoms with Crippen molar-refractivity contribution in [2.45, 2.75) is 13.0 Å². The monoisotopic (exact) mass is 253 g/mol. The van der Waals surface area contributed by atoms with E-state index in [2.05, 4.69) is 0 Å². The van der Waals surface area contributed by atoms with Gasteiger partial charge >= 0.3 is 11.9 Å². The third-order valence-corrected chi connectivity index (χ3v) is 2.61. The predicted octanol–water partition coefficient (Wildman–Crippen LogP) is 0.924. The van der Waals surface area contributed by atoms with E-state index in [-0.39, 0.29) is 5.75 Å². The number of nitrogens with zero attached hydrogens (tertiary/aromatic N) is 1. The smallest absolute Gasteiger partial charge is 0.317 e. The third-order valence-electron chi connectivity index (χ3n) is 2.61. The van der Waals surface area contributed by atoms with E-state index in [9.17, 15) is 14.7 Å². The van der Waals surface area contributed by atoms with Crippen LogP contribution in [0.4, 0.5) is 0 Å². The minimum atomic E-state index is -1.11. The standard InChI is InChI=1S/C12H15NO5/c1-8(9-4-2-3-5-10(9)14)13(6-11(15)16)7-12(17)18/h2-5,8,14H,6-7H2,1H3,(H,15,16)(H,17,18). The van der Waals surface area contributed by atoms with Gasteiger partial charge in [-0.3, -0.25) is 14.5 Å². The Morgan fingerprint density at radius 2 is 1.67 bits per heavy atom. The zero-order valence-electron chi connectivity index (χ0n) is 9.91. The summed E-state index contributed by atoms with van der Waals surface area (Å²) in [6, 6.07) is 5.95. The number of aromatic hydroxyl groups is 1. The highest BCUT2D eigenvalue weighted by atomic mass is 16.4. The summed E-state index contributed by atoms with van der Waals surface area (Å²) in [6.07, 6.45) is 0. The Kier molecular flexibility index (Phi) is 4.67. The van der Waals surface area contributed by atoms with Crippen LogP contribution in [0.15, 0.2) is 24.3 Å². The number of rotatable bonds is 6. The summed E-state index contributed by atoms with van der Waals surface area (Å²) in [5.74, 6) is -2.21. The topological polar surface area (TPSA) is 98.1 Å². The summed E-state index contributed by atoms with van der Waals surface area (Å²) in [6.45, 7) is 0.852. The minimum absolute atomic E-state index is 0.0192. The number of aliphatic carboxylic acids is 2. The van der Waals surface area contributed by atoms with Crippen LogP contribution < -0.4 is 0 Å². The van der Waals surface area contributed by atoms with Gasteiger partial charge < -0.3 is 15.3 Å². The van der Waals surface area contributed by atoms with Crippen LogP contribution in [0.1, 0.15) is 18.5 Å². The van der Waals surface area contributed by atoms with Crippen molar-refractivity contribution in [3.05, 3.63) is 29.8 Å². The van der Waals surface area contributed by atoms with E-state index in [0.29, 0.717) is 5.56 Å². The molecule has 1 aromatic rings. The van der Waals surface area contributed by atoms with Gasteiger partial charge in [0.25, 0.3) is 0 Å². The van der Waals surface area contributed by atoms with Crippen LogP contribution >= 0.6 is 0 Å². The molecule has 0 radical (unpaired) electrons. The van der Waals surface area contributed by atoms with E-state index in [1.807, 2.05) is 0 Å². The quantitative estimate of drug-likeness (QED) is 0.697. The maximum Gasteiger partial charge on any atom is 0.317 e. The molecule has 3 N–H and O–H groups in total. The first-order valence-corrected chi connectivity index (χ1v) is 5.37. The number of carboxylic acids is 2. The lowest BCUT2D eigenvalue weighted by Crippen LogP contribution is -2.36. The molecular formula is C12H15NO5. The fraction of sp³-hybridized carbons (Fsp3) is 0.333. The van der Waals surface area contributed by atoms with Crippen LogP contribution in [0, 0.1) is 0 Å². The number of hydrogen-bond acceptors (Lipinski definition) is 4. The number of hydrogen-bond donors (Lipinski definition) is 3. The summed E-state index contributed by atoms with van der Waals surface area (Å²) in [5, 5.41) is 27.2. The van der Waals surface area contributed by atoms with Gasteiger partial charge in [-0.05, 0) is 13.0 Å². The average Bonchev–Trinajstić information content (AvgIpc) is 2.26. The first-order chi connectivity index (χ1) is 8.41. The van der Waals surface area contributed by atoms with E-state index in [1.54, 1.807) is 25.1 Å². The maximum absolute atomic E-state index is 10.7. The fourth-order valence-corrected chi connectivity index (χ4v) is 1.71. The SMILES string of the molecule is CC(c1ccccc1O)N(CC(=O)O)CC(=O)O. The van der Waals surface area contributed by atoms with E-state index in [0.717, 1.165) is 0 Å². The number of phenolic OH excluding ortho intramolecular Hbond substituents is 1. The molecule has 0 aliphatic heterocycles. The third kappa shape index (κ3) is 3.74. The molecule has 0 saturated heterocycles. The molecule has 0 aromatic heterocycles. The van der Waals surface area contributed by atoms with Crippen LogP contribution in [0.3, 0.4) is 0 Å². The normalized spacial score (nSPS) is 12.3. The molecule has 6 nitrogen and oxygen atoms in total. The number of para-hydroxylation sites is 1. The molecule has 0 heterocycles. The number of carbonyl (C=O) groups is 2. The highest BCUT2D eigenvalue weighted by Crippen LogP contribution is 2.27. The van der Waals surface area contributed by atoms with Gasteiger partial charge in [-0.1, -0.05) is 18.2 Å². The van der Waals surface area contributed by atoms with Crippen LogP contribution in [0.2, 0.25) is 0 Å². The van der Waals surface area contributed by atoms with Crippen molar-refractivity contribution >= 4 is 11.9 Å². The van der Waals surface area contributed by atoms with E-state index < -0.39 is 31.1 Å². The predicted molar refractivity (Wildman–Crippen MR) is 63.4 cm³/mol. The molecule has 6 heteroatoms. The van der Waals surface area contributed by atoms with E-state index in [1.165, 1.54) is 11.0 Å². The molecule has 1 atom stereocenters. The van der Waals surface area contributed by atoms with Crippen LogP contribution in [0.25, 0.3) is 0 Å². The van der Waals surface area contributed by atoms with Crippen molar-refractivity contribution in [1.82, 2.24) is 4.90 Å². The lowest BCUT2D eigenvalue weighted by Gasteiger charge is -2.26. The van der Waals surface area contributed by atoms with Crippen molar-refractivity contribution in [3.8, 4) is 5.75 Å². The van der Waals surface area contributed by atoms with Gasteiger partial charge in [0.2, 0.25) is 0 Å². The van der Waals surface area contributed by atoms with Gasteiger partial charge in [0, 0.05) is 11.6 Å². The van der Waals surface area contributed by atoms with Gasteiger partial charge in [-0.2, -0.15) is 0 Å². The summed E-state index contributed by atoms with van der Waals surface area (Å²) >= 11 is 0. The molecule has 0 amide bonds. The Balaban J connectivity index is 2.94. The second kappa shape index (κ2) is 6.02. The van der Waals surface area contributed by atoms with Gasteiger partial charge in [0.05, 0.1) is 13.1 Å². The Bertz CT molecular complexity index is 430. The fourth-order valence-electron chi connectivity index (χ4n) is 1.71. The molecule has 0 aliphatic carbocycles. The molecule has 98 valence electrons. The van der Waals surface area contributed by atoms with Crippen molar-refractivity contribution in [1.29, 1.82) is 0 Å². The minimum Gasteiger partial charge on any atom is -0.508 e. The lowest BCUT2D eigenvalue weighted by molar-refractivity contribution is -0.142. The first-order valence-electron chi connectivity index (χ1n) is 5.37. The second-order valence-corrected chi connectivity index (χ2v) is 3.93. The molecule has 0 saturated carbocycles. The molecular weight excluding hydrogens is 238 g/mol. The van der Waals surface area contributed by atoms with Crippen LogP contribution in [-0.4, -0.2) is 45.2 Å². The number of benzene rings is 1. The van der Waals surface area contributed by atoms with Gasteiger partial charge in [0.1, 0.15) is 5.75 Å². The van der Waals surface area contributed by atoms with Crippen LogP contribution in [0.5, 0.6) is 5.75 Å². The summed E-state index contributed by atoms with van der Waals surface area (Å²) in [4.78, 5) is 22.7. The molecule has 0 fully saturated rings. The van der Waals surface area contributed by atoms with Gasteiger partial charge in [-0.25, -0.2) is 0 Å². The van der Waals surface area contributed by atoms with Crippen LogP contribution in [-0.2, 0) is 9.59 Å². The van der Waals surface area contributed by atoms with Gasteiger partial charge in [0.15, 0.2) is 0 Å². The Morgan fingerprint density at radius 1 is 1.17 bits per heavy atom. The zero-order chi connectivity index (χ0) is 13.7. The van der Waals surface area contributed by atoms with E-state index in [4.69, 9.17) is 10.2 Å². The summed E-state index contributed by atoms with van der Waals surface area (Å²) < 4.78 is 0. The first kappa shape index (κ1) is 14.0.